The molecule has 7 rings (SSSR count). The maximum Gasteiger partial charge on any atom is 0.229 e. The molecule has 0 spiro atoms. The zero-order valence-electron chi connectivity index (χ0n) is 23.9. The lowest BCUT2D eigenvalue weighted by molar-refractivity contribution is 0.562. The number of nitrogens with zero attached hydrogens (tertiary/aromatic N) is 5. The molecule has 0 unspecified atom stereocenters. The smallest absolute Gasteiger partial charge is 0.229 e. The molecule has 41 heavy (non-hydrogen) atoms. The third-order valence-electron chi connectivity index (χ3n) is 7.67. The maximum absolute atomic E-state index is 6.47. The summed E-state index contributed by atoms with van der Waals surface area (Å²) in [6.45, 7) is 10.8. The molecule has 0 N–H and O–H groups in total. The maximum atomic E-state index is 6.47. The van der Waals surface area contributed by atoms with Gasteiger partial charge in [-0.15, -0.1) is 0 Å². The summed E-state index contributed by atoms with van der Waals surface area (Å²) in [4.78, 5) is 19.3. The van der Waals surface area contributed by atoms with Crippen LogP contribution in [0.25, 0.3) is 61.4 Å². The Hall–Kier alpha value is -4.84. The van der Waals surface area contributed by atoms with E-state index < -0.39 is 0 Å². The molecule has 0 atom stereocenters. The molecule has 7 aromatic rings. The second-order valence-corrected chi connectivity index (χ2v) is 11.9. The van der Waals surface area contributed by atoms with E-state index in [0.29, 0.717) is 11.3 Å². The topological polar surface area (TPSA) is 69.6 Å². The van der Waals surface area contributed by atoms with Crippen molar-refractivity contribution in [3.63, 3.8) is 0 Å². The summed E-state index contributed by atoms with van der Waals surface area (Å²) in [6, 6.07) is 25.2. The van der Waals surface area contributed by atoms with Gasteiger partial charge in [0.05, 0.1) is 22.7 Å². The van der Waals surface area contributed by atoms with E-state index in [1.807, 2.05) is 30.7 Å². The highest BCUT2D eigenvalue weighted by Gasteiger charge is 2.24. The highest BCUT2D eigenvalue weighted by Crippen LogP contribution is 2.38. The fourth-order valence-electron chi connectivity index (χ4n) is 5.47. The van der Waals surface area contributed by atoms with Crippen molar-refractivity contribution in [3.8, 4) is 28.2 Å². The first-order valence-corrected chi connectivity index (χ1v) is 14.0. The number of furan rings is 1. The quantitative estimate of drug-likeness (QED) is 0.224. The van der Waals surface area contributed by atoms with Crippen LogP contribution in [0.5, 0.6) is 0 Å². The van der Waals surface area contributed by atoms with Crippen LogP contribution < -0.4 is 0 Å². The van der Waals surface area contributed by atoms with Gasteiger partial charge in [0.1, 0.15) is 16.9 Å². The minimum absolute atomic E-state index is 0.0937. The summed E-state index contributed by atoms with van der Waals surface area (Å²) >= 11 is 0. The summed E-state index contributed by atoms with van der Waals surface area (Å²) < 4.78 is 8.71. The summed E-state index contributed by atoms with van der Waals surface area (Å²) in [5, 5.41) is 0.897. The Labute approximate surface area is 238 Å². The van der Waals surface area contributed by atoms with Gasteiger partial charge in [0, 0.05) is 29.2 Å². The lowest BCUT2D eigenvalue weighted by atomic mass is 9.91. The molecule has 5 aromatic heterocycles. The summed E-state index contributed by atoms with van der Waals surface area (Å²) in [7, 11) is 0. The van der Waals surface area contributed by atoms with Gasteiger partial charge in [-0.1, -0.05) is 77.1 Å². The van der Waals surface area contributed by atoms with Crippen LogP contribution >= 0.6 is 0 Å². The minimum Gasteiger partial charge on any atom is -0.435 e. The monoisotopic (exact) mass is 537 g/mol. The lowest BCUT2D eigenvalue weighted by Gasteiger charge is -2.16. The second-order valence-electron chi connectivity index (χ2n) is 11.9. The third kappa shape index (κ3) is 4.18. The molecule has 0 amide bonds. The van der Waals surface area contributed by atoms with Crippen molar-refractivity contribution in [2.24, 2.45) is 0 Å². The lowest BCUT2D eigenvalue weighted by Crippen LogP contribution is -2.12. The Kier molecular flexibility index (Phi) is 5.75. The predicted molar refractivity (Wildman–Crippen MR) is 165 cm³/mol. The number of fused-ring (bicyclic) bond motifs is 4. The first-order valence-electron chi connectivity index (χ1n) is 14.0. The molecule has 0 aliphatic rings. The van der Waals surface area contributed by atoms with Gasteiger partial charge in [-0.05, 0) is 52.9 Å². The standard InChI is InChI=1S/C35H31N5O/c1-21(2)27-19-36-20-28-31(27)40(24-13-11-23(12-14-24)22-9-7-6-8-10-22)33(38-28)26-17-18-37-30-25-15-16-29(35(3,4)5)39-34(25)41-32(26)30/h6-21H,1-5H3. The molecule has 202 valence electrons. The van der Waals surface area contributed by atoms with Gasteiger partial charge >= 0.3 is 0 Å². The van der Waals surface area contributed by atoms with Crippen molar-refractivity contribution in [2.45, 2.75) is 46.0 Å². The molecule has 0 radical (unpaired) electrons. The largest absolute Gasteiger partial charge is 0.435 e. The van der Waals surface area contributed by atoms with E-state index in [1.165, 1.54) is 5.56 Å². The Morgan fingerprint density at radius 3 is 2.29 bits per heavy atom. The first-order chi connectivity index (χ1) is 19.8. The van der Waals surface area contributed by atoms with Gasteiger partial charge in [-0.3, -0.25) is 14.5 Å². The molecule has 6 heteroatoms. The average Bonchev–Trinajstić information content (AvgIpc) is 3.55. The van der Waals surface area contributed by atoms with Crippen LogP contribution in [-0.4, -0.2) is 24.5 Å². The van der Waals surface area contributed by atoms with Gasteiger partial charge < -0.3 is 4.42 Å². The second kappa shape index (κ2) is 9.37. The molecule has 0 saturated heterocycles. The van der Waals surface area contributed by atoms with Gasteiger partial charge in [-0.25, -0.2) is 9.97 Å². The van der Waals surface area contributed by atoms with Crippen LogP contribution in [0.4, 0.5) is 0 Å². The molecule has 0 bridgehead atoms. The summed E-state index contributed by atoms with van der Waals surface area (Å²) in [5.41, 5.74) is 10.2. The van der Waals surface area contributed by atoms with Crippen molar-refractivity contribution in [1.82, 2.24) is 24.5 Å². The average molecular weight is 538 g/mol. The van der Waals surface area contributed by atoms with Crippen LogP contribution in [0.1, 0.15) is 51.8 Å². The van der Waals surface area contributed by atoms with Gasteiger partial charge in [0.25, 0.3) is 0 Å². The van der Waals surface area contributed by atoms with E-state index >= 15 is 0 Å². The number of imidazole rings is 1. The molecule has 0 saturated carbocycles. The van der Waals surface area contributed by atoms with Gasteiger partial charge in [0.15, 0.2) is 5.58 Å². The highest BCUT2D eigenvalue weighted by molar-refractivity contribution is 6.06. The molecule has 0 aliphatic heterocycles. The van der Waals surface area contributed by atoms with Gasteiger partial charge in [-0.2, -0.15) is 0 Å². The normalized spacial score (nSPS) is 12.2. The number of aromatic nitrogens is 5. The fraction of sp³-hybridized carbons (Fsp3) is 0.200. The number of pyridine rings is 3. The SMILES string of the molecule is CC(C)c1cncc2nc(-c3ccnc4c3oc3nc(C(C)(C)C)ccc34)n(-c3ccc(-c4ccccc4)cc3)c12. The minimum atomic E-state index is -0.0937. The van der Waals surface area contributed by atoms with Crippen LogP contribution in [0, 0.1) is 0 Å². The third-order valence-corrected chi connectivity index (χ3v) is 7.67. The van der Waals surface area contributed by atoms with E-state index in [1.54, 1.807) is 0 Å². The van der Waals surface area contributed by atoms with E-state index in [2.05, 4.69) is 105 Å². The molecule has 6 nitrogen and oxygen atoms in total. The Morgan fingerprint density at radius 2 is 1.56 bits per heavy atom. The molecular formula is C35H31N5O. The zero-order chi connectivity index (χ0) is 28.3. The molecule has 0 fully saturated rings. The van der Waals surface area contributed by atoms with Crippen molar-refractivity contribution in [1.29, 1.82) is 0 Å². The van der Waals surface area contributed by atoms with Gasteiger partial charge in [0.2, 0.25) is 5.71 Å². The Morgan fingerprint density at radius 1 is 0.805 bits per heavy atom. The molecule has 5 heterocycles. The highest BCUT2D eigenvalue weighted by atomic mass is 16.3. The van der Waals surface area contributed by atoms with Crippen LogP contribution in [0.2, 0.25) is 0 Å². The van der Waals surface area contributed by atoms with Crippen molar-refractivity contribution in [3.05, 3.63) is 103 Å². The van der Waals surface area contributed by atoms with Crippen molar-refractivity contribution >= 4 is 33.2 Å². The van der Waals surface area contributed by atoms with Crippen LogP contribution in [0.3, 0.4) is 0 Å². The van der Waals surface area contributed by atoms with E-state index in [9.17, 15) is 0 Å². The zero-order valence-corrected chi connectivity index (χ0v) is 23.9. The fourth-order valence-corrected chi connectivity index (χ4v) is 5.47. The number of hydrogen-bond acceptors (Lipinski definition) is 5. The van der Waals surface area contributed by atoms with E-state index in [0.717, 1.165) is 55.8 Å². The van der Waals surface area contributed by atoms with Crippen molar-refractivity contribution in [2.75, 3.05) is 0 Å². The number of benzene rings is 2. The van der Waals surface area contributed by atoms with Crippen molar-refractivity contribution < 1.29 is 4.42 Å². The van der Waals surface area contributed by atoms with E-state index in [-0.39, 0.29) is 11.3 Å². The molecule has 0 aliphatic carbocycles. The van der Waals surface area contributed by atoms with Crippen LogP contribution in [-0.2, 0) is 5.41 Å². The summed E-state index contributed by atoms with van der Waals surface area (Å²) in [5.74, 6) is 1.05. The van der Waals surface area contributed by atoms with Crippen LogP contribution in [0.15, 0.2) is 95.8 Å². The Bertz CT molecular complexity index is 2050. The summed E-state index contributed by atoms with van der Waals surface area (Å²) in [6.07, 6.45) is 5.62. The number of hydrogen-bond donors (Lipinski definition) is 0. The predicted octanol–water partition coefficient (Wildman–Crippen LogP) is 8.86. The first kappa shape index (κ1) is 25.1. The molecular weight excluding hydrogens is 506 g/mol. The van der Waals surface area contributed by atoms with E-state index in [4.69, 9.17) is 19.4 Å². The Balaban J connectivity index is 1.49. The number of rotatable bonds is 4. The molecule has 2 aromatic carbocycles.